The maximum Gasteiger partial charge on any atom is 0.220 e. The molecule has 0 radical (unpaired) electrons. The summed E-state index contributed by atoms with van der Waals surface area (Å²) in [4.78, 5) is 12.3. The van der Waals surface area contributed by atoms with Gasteiger partial charge in [0.15, 0.2) is 0 Å². The predicted octanol–water partition coefficient (Wildman–Crippen LogP) is 9.15. The van der Waals surface area contributed by atoms with Crippen LogP contribution in [0.25, 0.3) is 0 Å². The molecule has 0 aliphatic rings. The molecule has 0 saturated carbocycles. The molecule has 40 heavy (non-hydrogen) atoms. The molecule has 0 unspecified atom stereocenters. The van der Waals surface area contributed by atoms with Crippen LogP contribution in [0.4, 0.5) is 0 Å². The Labute approximate surface area is 249 Å². The van der Waals surface area contributed by atoms with E-state index in [9.17, 15) is 20.1 Å². The van der Waals surface area contributed by atoms with Crippen LogP contribution in [-0.4, -0.2) is 46.1 Å². The van der Waals surface area contributed by atoms with Gasteiger partial charge >= 0.3 is 0 Å². The van der Waals surface area contributed by atoms with Crippen molar-refractivity contribution in [1.82, 2.24) is 5.32 Å². The van der Waals surface area contributed by atoms with Crippen molar-refractivity contribution in [2.24, 2.45) is 0 Å². The molecule has 0 aromatic heterocycles. The van der Waals surface area contributed by atoms with E-state index in [0.29, 0.717) is 12.8 Å². The first-order valence-corrected chi connectivity index (χ1v) is 17.8. The maximum atomic E-state index is 12.3. The van der Waals surface area contributed by atoms with E-state index < -0.39 is 18.2 Å². The molecule has 0 heterocycles. The zero-order valence-electron chi connectivity index (χ0n) is 27.0. The molecule has 0 aliphatic carbocycles. The summed E-state index contributed by atoms with van der Waals surface area (Å²) in [5.41, 5.74) is 0. The first kappa shape index (κ1) is 39.4. The van der Waals surface area contributed by atoms with Gasteiger partial charge in [0.25, 0.3) is 0 Å². The van der Waals surface area contributed by atoms with Crippen LogP contribution >= 0.6 is 0 Å². The van der Waals surface area contributed by atoms with Crippen molar-refractivity contribution < 1.29 is 20.1 Å². The summed E-state index contributed by atoms with van der Waals surface area (Å²) in [6, 6.07) is -0.799. The fourth-order valence-electron chi connectivity index (χ4n) is 5.63. The molecule has 0 fully saturated rings. The topological polar surface area (TPSA) is 89.8 Å². The number of unbranched alkanes of at least 4 members (excludes halogenated alkanes) is 24. The van der Waals surface area contributed by atoms with Gasteiger partial charge in [-0.1, -0.05) is 174 Å². The zero-order chi connectivity index (χ0) is 29.5. The van der Waals surface area contributed by atoms with E-state index in [1.165, 1.54) is 128 Å². The van der Waals surface area contributed by atoms with Crippen molar-refractivity contribution in [3.8, 4) is 0 Å². The van der Waals surface area contributed by atoms with E-state index in [0.717, 1.165) is 38.5 Å². The first-order valence-electron chi connectivity index (χ1n) is 17.8. The highest BCUT2D eigenvalue weighted by Gasteiger charge is 2.26. The number of aliphatic hydroxyl groups is 3. The van der Waals surface area contributed by atoms with Gasteiger partial charge in [-0.05, 0) is 12.8 Å². The van der Waals surface area contributed by atoms with Crippen LogP contribution in [0.1, 0.15) is 194 Å². The number of aliphatic hydroxyl groups excluding tert-OH is 3. The van der Waals surface area contributed by atoms with E-state index >= 15 is 0 Å². The van der Waals surface area contributed by atoms with Crippen molar-refractivity contribution in [3.63, 3.8) is 0 Å². The molecule has 0 aliphatic heterocycles. The van der Waals surface area contributed by atoms with E-state index in [1.807, 2.05) is 0 Å². The van der Waals surface area contributed by atoms with Gasteiger partial charge in [-0.2, -0.15) is 0 Å². The molecule has 4 N–H and O–H groups in total. The highest BCUT2D eigenvalue weighted by atomic mass is 16.3. The molecular formula is C35H71NO4. The van der Waals surface area contributed by atoms with E-state index in [1.54, 1.807) is 0 Å². The normalized spacial score (nSPS) is 13.8. The van der Waals surface area contributed by atoms with Crippen molar-refractivity contribution in [1.29, 1.82) is 0 Å². The molecule has 3 atom stereocenters. The Morgan fingerprint density at radius 3 is 1.20 bits per heavy atom. The standard InChI is InChI=1S/C35H71NO4/c1-3-5-7-9-11-13-14-15-16-17-18-19-20-21-22-24-26-28-30-34(39)36-32(31-37)35(40)33(38)29-27-25-23-12-10-8-6-4-2/h32-33,35,37-38,40H,3-31H2,1-2H3,(H,36,39)/t32-,33-,35+/m1/s1. The summed E-state index contributed by atoms with van der Waals surface area (Å²) in [5, 5.41) is 33.1. The zero-order valence-corrected chi connectivity index (χ0v) is 27.0. The number of carbonyl (C=O) groups excluding carboxylic acids is 1. The van der Waals surface area contributed by atoms with Crippen molar-refractivity contribution in [2.75, 3.05) is 6.61 Å². The summed E-state index contributed by atoms with van der Waals surface area (Å²) in [5.74, 6) is -0.145. The largest absolute Gasteiger partial charge is 0.394 e. The molecule has 0 saturated heterocycles. The Hall–Kier alpha value is -0.650. The summed E-state index contributed by atoms with van der Waals surface area (Å²) in [7, 11) is 0. The lowest BCUT2D eigenvalue weighted by atomic mass is 9.99. The fraction of sp³-hybridized carbons (Fsp3) is 0.971. The predicted molar refractivity (Wildman–Crippen MR) is 172 cm³/mol. The lowest BCUT2D eigenvalue weighted by molar-refractivity contribution is -0.124. The Morgan fingerprint density at radius 1 is 0.525 bits per heavy atom. The first-order chi connectivity index (χ1) is 19.6. The van der Waals surface area contributed by atoms with Crippen LogP contribution in [0, 0.1) is 0 Å². The number of hydrogen-bond donors (Lipinski definition) is 4. The molecular weight excluding hydrogens is 498 g/mol. The van der Waals surface area contributed by atoms with Gasteiger partial charge in [-0.15, -0.1) is 0 Å². The minimum absolute atomic E-state index is 0.145. The Morgan fingerprint density at radius 2 is 0.850 bits per heavy atom. The van der Waals surface area contributed by atoms with Gasteiger partial charge in [0.05, 0.1) is 18.8 Å². The number of carbonyl (C=O) groups is 1. The van der Waals surface area contributed by atoms with Crippen LogP contribution in [0.3, 0.4) is 0 Å². The third kappa shape index (κ3) is 26.3. The molecule has 1 amide bonds. The second kappa shape index (κ2) is 31.3. The summed E-state index contributed by atoms with van der Waals surface area (Å²) < 4.78 is 0. The molecule has 5 heteroatoms. The minimum atomic E-state index is -1.13. The van der Waals surface area contributed by atoms with Crippen molar-refractivity contribution >= 4 is 5.91 Å². The Balaban J connectivity index is 3.60. The van der Waals surface area contributed by atoms with E-state index in [2.05, 4.69) is 19.2 Å². The van der Waals surface area contributed by atoms with E-state index in [-0.39, 0.29) is 12.5 Å². The van der Waals surface area contributed by atoms with Gasteiger partial charge in [0.1, 0.15) is 6.10 Å². The minimum Gasteiger partial charge on any atom is -0.394 e. The molecule has 5 nitrogen and oxygen atoms in total. The summed E-state index contributed by atoms with van der Waals surface area (Å²) in [6.45, 7) is 4.14. The average molecular weight is 570 g/mol. The number of hydrogen-bond acceptors (Lipinski definition) is 4. The Kier molecular flexibility index (Phi) is 30.8. The SMILES string of the molecule is CCCCCCCCCCCCCCCCCCCCC(=O)N[C@H](CO)[C@H](O)[C@H](O)CCCCCCCCCC. The molecule has 0 bridgehead atoms. The smallest absolute Gasteiger partial charge is 0.220 e. The number of rotatable bonds is 32. The van der Waals surface area contributed by atoms with Crippen LogP contribution < -0.4 is 5.32 Å². The van der Waals surface area contributed by atoms with Gasteiger partial charge in [-0.25, -0.2) is 0 Å². The molecule has 0 rings (SSSR count). The number of nitrogens with one attached hydrogen (secondary N) is 1. The summed E-state index contributed by atoms with van der Waals surface area (Å²) in [6.07, 6.45) is 32.0. The Bertz CT molecular complexity index is 516. The lowest BCUT2D eigenvalue weighted by Gasteiger charge is -2.26. The van der Waals surface area contributed by atoms with Crippen molar-refractivity contribution in [2.45, 2.75) is 212 Å². The average Bonchev–Trinajstić information content (AvgIpc) is 2.96. The molecule has 0 aromatic carbocycles. The lowest BCUT2D eigenvalue weighted by Crippen LogP contribution is -2.50. The monoisotopic (exact) mass is 570 g/mol. The van der Waals surface area contributed by atoms with Crippen molar-refractivity contribution in [3.05, 3.63) is 0 Å². The van der Waals surface area contributed by atoms with Gasteiger partial charge in [0, 0.05) is 6.42 Å². The molecule has 0 spiro atoms. The fourth-order valence-corrected chi connectivity index (χ4v) is 5.63. The third-order valence-corrected chi connectivity index (χ3v) is 8.46. The second-order valence-electron chi connectivity index (χ2n) is 12.4. The highest BCUT2D eigenvalue weighted by molar-refractivity contribution is 5.76. The van der Waals surface area contributed by atoms with E-state index in [4.69, 9.17) is 0 Å². The third-order valence-electron chi connectivity index (χ3n) is 8.46. The maximum absolute atomic E-state index is 12.3. The van der Waals surface area contributed by atoms with Gasteiger partial charge in [0.2, 0.25) is 5.91 Å². The molecule has 240 valence electrons. The second-order valence-corrected chi connectivity index (χ2v) is 12.4. The molecule has 0 aromatic rings. The van der Waals surface area contributed by atoms with Crippen LogP contribution in [0.15, 0.2) is 0 Å². The number of amides is 1. The summed E-state index contributed by atoms with van der Waals surface area (Å²) >= 11 is 0. The van der Waals surface area contributed by atoms with Crippen LogP contribution in [-0.2, 0) is 4.79 Å². The highest BCUT2D eigenvalue weighted by Crippen LogP contribution is 2.16. The van der Waals surface area contributed by atoms with Crippen LogP contribution in [0.2, 0.25) is 0 Å². The van der Waals surface area contributed by atoms with Gasteiger partial charge < -0.3 is 20.6 Å². The van der Waals surface area contributed by atoms with Gasteiger partial charge in [-0.3, -0.25) is 4.79 Å². The van der Waals surface area contributed by atoms with Crippen LogP contribution in [0.5, 0.6) is 0 Å². The quantitative estimate of drug-likeness (QED) is 0.0608.